The van der Waals surface area contributed by atoms with E-state index in [4.69, 9.17) is 16.3 Å². The van der Waals surface area contributed by atoms with Crippen LogP contribution in [-0.4, -0.2) is 28.8 Å². The minimum absolute atomic E-state index is 0.0489. The Bertz CT molecular complexity index is 779. The highest BCUT2D eigenvalue weighted by Crippen LogP contribution is 2.27. The fourth-order valence-electron chi connectivity index (χ4n) is 1.68. The lowest BCUT2D eigenvalue weighted by Crippen LogP contribution is -2.16. The number of benzene rings is 1. The van der Waals surface area contributed by atoms with E-state index in [0.717, 1.165) is 6.20 Å². The molecule has 0 fully saturated rings. The van der Waals surface area contributed by atoms with Crippen molar-refractivity contribution < 1.29 is 22.7 Å². The number of carbonyl (C=O) groups is 1. The summed E-state index contributed by atoms with van der Waals surface area (Å²) in [7, 11) is 0. The Morgan fingerprint density at radius 2 is 2.04 bits per heavy atom. The van der Waals surface area contributed by atoms with Crippen LogP contribution >= 0.6 is 11.6 Å². The van der Waals surface area contributed by atoms with E-state index in [0.29, 0.717) is 10.6 Å². The topological polar surface area (TPSA) is 76.5 Å². The Morgan fingerprint density at radius 3 is 2.64 bits per heavy atom. The van der Waals surface area contributed by atoms with Crippen LogP contribution in [0.2, 0.25) is 5.02 Å². The summed E-state index contributed by atoms with van der Waals surface area (Å²) in [4.78, 5) is 18.3. The monoisotopic (exact) mass is 372 g/mol. The molecule has 0 unspecified atom stereocenters. The minimum Gasteiger partial charge on any atom is -0.462 e. The summed E-state index contributed by atoms with van der Waals surface area (Å²) in [5.74, 6) is -2.67. The van der Waals surface area contributed by atoms with Crippen LogP contribution in [0.4, 0.5) is 19.0 Å². The number of rotatable bonds is 5. The summed E-state index contributed by atoms with van der Waals surface area (Å²) in [6, 6.07) is 6.56. The molecular weight excluding hydrogens is 361 g/mol. The Kier molecular flexibility index (Phi) is 5.92. The number of hydrogen-bond donors (Lipinski definition) is 1. The standard InChI is InChI=1S/C15H12ClF3N4O2/c1-2-25-13(24)11-8-20-14(15(17,18)19)22-12(11)23-21-7-9-3-5-10(16)6-4-9/h3-8H,2H2,1H3,(H,20,22,23)/b21-7-. The molecular formula is C15H12ClF3N4O2. The number of alkyl halides is 3. The van der Waals surface area contributed by atoms with Crippen molar-refractivity contribution >= 4 is 29.6 Å². The molecule has 1 aromatic carbocycles. The molecule has 1 N–H and O–H groups in total. The molecule has 0 atom stereocenters. The Labute approximate surface area is 145 Å². The third-order valence-corrected chi connectivity index (χ3v) is 3.04. The van der Waals surface area contributed by atoms with E-state index < -0.39 is 23.8 Å². The predicted molar refractivity (Wildman–Crippen MR) is 85.7 cm³/mol. The number of hydrogen-bond acceptors (Lipinski definition) is 6. The second kappa shape index (κ2) is 7.93. The van der Waals surface area contributed by atoms with Crippen molar-refractivity contribution in [2.45, 2.75) is 13.1 Å². The summed E-state index contributed by atoms with van der Waals surface area (Å²) in [5.41, 5.74) is 2.69. The lowest BCUT2D eigenvalue weighted by Gasteiger charge is -2.10. The van der Waals surface area contributed by atoms with Crippen LogP contribution in [0.1, 0.15) is 28.7 Å². The van der Waals surface area contributed by atoms with Crippen LogP contribution in [0.15, 0.2) is 35.6 Å². The van der Waals surface area contributed by atoms with Crippen molar-refractivity contribution in [3.05, 3.63) is 52.4 Å². The molecule has 2 aromatic rings. The second-order valence-corrected chi connectivity index (χ2v) is 5.03. The molecule has 0 amide bonds. The zero-order chi connectivity index (χ0) is 18.4. The van der Waals surface area contributed by atoms with Gasteiger partial charge < -0.3 is 4.74 Å². The molecule has 0 bridgehead atoms. The number of aromatic nitrogens is 2. The maximum Gasteiger partial charge on any atom is 0.451 e. The predicted octanol–water partition coefficient (Wildman–Crippen LogP) is 3.77. The number of nitrogens with one attached hydrogen (secondary N) is 1. The van der Waals surface area contributed by atoms with E-state index in [9.17, 15) is 18.0 Å². The zero-order valence-corrected chi connectivity index (χ0v) is 13.6. The Balaban J connectivity index is 2.28. The van der Waals surface area contributed by atoms with Crippen LogP contribution in [-0.2, 0) is 10.9 Å². The van der Waals surface area contributed by atoms with Gasteiger partial charge in [0.1, 0.15) is 5.56 Å². The van der Waals surface area contributed by atoms with Gasteiger partial charge in [0.25, 0.3) is 0 Å². The normalized spacial score (nSPS) is 11.6. The van der Waals surface area contributed by atoms with Gasteiger partial charge in [-0.3, -0.25) is 5.43 Å². The van der Waals surface area contributed by atoms with Crippen LogP contribution in [0.25, 0.3) is 0 Å². The first-order chi connectivity index (χ1) is 11.8. The van der Waals surface area contributed by atoms with Gasteiger partial charge in [0.05, 0.1) is 12.8 Å². The molecule has 0 saturated heterocycles. The van der Waals surface area contributed by atoms with E-state index in [1.165, 1.54) is 6.21 Å². The molecule has 0 saturated carbocycles. The number of nitrogens with zero attached hydrogens (tertiary/aromatic N) is 3. The van der Waals surface area contributed by atoms with Crippen molar-refractivity contribution in [1.82, 2.24) is 9.97 Å². The second-order valence-electron chi connectivity index (χ2n) is 4.60. The summed E-state index contributed by atoms with van der Waals surface area (Å²) in [6.07, 6.45) is -2.68. The number of hydrazone groups is 1. The molecule has 10 heteroatoms. The van der Waals surface area contributed by atoms with Crippen LogP contribution < -0.4 is 5.43 Å². The van der Waals surface area contributed by atoms with E-state index in [2.05, 4.69) is 20.5 Å². The fraction of sp³-hybridized carbons (Fsp3) is 0.200. The van der Waals surface area contributed by atoms with Gasteiger partial charge in [-0.2, -0.15) is 18.3 Å². The number of carbonyl (C=O) groups excluding carboxylic acids is 1. The number of halogens is 4. The van der Waals surface area contributed by atoms with Crippen LogP contribution in [0.5, 0.6) is 0 Å². The van der Waals surface area contributed by atoms with Gasteiger partial charge in [-0.05, 0) is 24.6 Å². The molecule has 1 heterocycles. The van der Waals surface area contributed by atoms with E-state index in [-0.39, 0.29) is 12.2 Å². The maximum absolute atomic E-state index is 12.8. The van der Waals surface area contributed by atoms with Gasteiger partial charge >= 0.3 is 12.1 Å². The van der Waals surface area contributed by atoms with Crippen molar-refractivity contribution in [2.75, 3.05) is 12.0 Å². The minimum atomic E-state index is -4.76. The van der Waals surface area contributed by atoms with Crippen LogP contribution in [0.3, 0.4) is 0 Å². The first-order valence-corrected chi connectivity index (χ1v) is 7.35. The molecule has 0 aliphatic carbocycles. The highest BCUT2D eigenvalue weighted by molar-refractivity contribution is 6.30. The summed E-state index contributed by atoms with van der Waals surface area (Å²) < 4.78 is 43.0. The molecule has 0 aliphatic rings. The van der Waals surface area contributed by atoms with Crippen LogP contribution in [0, 0.1) is 0 Å². The SMILES string of the molecule is CCOC(=O)c1cnc(C(F)(F)F)nc1N/N=C\c1ccc(Cl)cc1. The third-order valence-electron chi connectivity index (χ3n) is 2.79. The average Bonchev–Trinajstić information content (AvgIpc) is 2.56. The first kappa shape index (κ1) is 18.7. The zero-order valence-electron chi connectivity index (χ0n) is 12.8. The smallest absolute Gasteiger partial charge is 0.451 e. The quantitative estimate of drug-likeness (QED) is 0.491. The highest BCUT2D eigenvalue weighted by atomic mass is 35.5. The fourth-order valence-corrected chi connectivity index (χ4v) is 1.80. The maximum atomic E-state index is 12.8. The summed E-state index contributed by atoms with van der Waals surface area (Å²) in [5, 5.41) is 4.31. The molecule has 2 rings (SSSR count). The van der Waals surface area contributed by atoms with Gasteiger partial charge in [0.2, 0.25) is 5.82 Å². The first-order valence-electron chi connectivity index (χ1n) is 6.97. The molecule has 0 aliphatic heterocycles. The van der Waals surface area contributed by atoms with Gasteiger partial charge in [0, 0.05) is 11.2 Å². The van der Waals surface area contributed by atoms with Gasteiger partial charge in [-0.15, -0.1) is 0 Å². The molecule has 0 radical (unpaired) electrons. The number of ether oxygens (including phenoxy) is 1. The Hall–Kier alpha value is -2.68. The van der Waals surface area contributed by atoms with Crippen molar-refractivity contribution in [2.24, 2.45) is 5.10 Å². The Morgan fingerprint density at radius 1 is 1.36 bits per heavy atom. The third kappa shape index (κ3) is 5.15. The van der Waals surface area contributed by atoms with Crippen molar-refractivity contribution in [1.29, 1.82) is 0 Å². The van der Waals surface area contributed by atoms with E-state index in [1.54, 1.807) is 31.2 Å². The van der Waals surface area contributed by atoms with Crippen molar-refractivity contribution in [3.8, 4) is 0 Å². The molecule has 25 heavy (non-hydrogen) atoms. The number of esters is 1. The van der Waals surface area contributed by atoms with Gasteiger partial charge in [-0.1, -0.05) is 23.7 Å². The average molecular weight is 373 g/mol. The molecule has 1 aromatic heterocycles. The summed E-state index contributed by atoms with van der Waals surface area (Å²) in [6.45, 7) is 1.61. The lowest BCUT2D eigenvalue weighted by molar-refractivity contribution is -0.144. The largest absolute Gasteiger partial charge is 0.462 e. The lowest BCUT2D eigenvalue weighted by atomic mass is 10.2. The summed E-state index contributed by atoms with van der Waals surface area (Å²) >= 11 is 5.75. The van der Waals surface area contributed by atoms with Gasteiger partial charge in [0.15, 0.2) is 5.82 Å². The number of anilines is 1. The highest BCUT2D eigenvalue weighted by Gasteiger charge is 2.35. The van der Waals surface area contributed by atoms with Gasteiger partial charge in [-0.25, -0.2) is 14.8 Å². The molecule has 0 spiro atoms. The van der Waals surface area contributed by atoms with E-state index >= 15 is 0 Å². The molecule has 132 valence electrons. The molecule has 6 nitrogen and oxygen atoms in total. The van der Waals surface area contributed by atoms with Crippen molar-refractivity contribution in [3.63, 3.8) is 0 Å². The van der Waals surface area contributed by atoms with E-state index in [1.807, 2.05) is 0 Å².